The number of fused-ring (bicyclic) bond motifs is 1. The zero-order valence-corrected chi connectivity index (χ0v) is 17.3. The third-order valence-electron chi connectivity index (χ3n) is 5.17. The molecule has 1 aliphatic rings. The molecule has 5 nitrogen and oxygen atoms in total. The van der Waals surface area contributed by atoms with E-state index < -0.39 is 0 Å². The molecule has 0 amide bonds. The summed E-state index contributed by atoms with van der Waals surface area (Å²) in [5, 5.41) is 4.01. The first-order valence-corrected chi connectivity index (χ1v) is 9.73. The van der Waals surface area contributed by atoms with Crippen molar-refractivity contribution in [1.29, 1.82) is 0 Å². The highest BCUT2D eigenvalue weighted by atomic mass is 35.5. The Labute approximate surface area is 175 Å². The number of benzene rings is 1. The smallest absolute Gasteiger partial charge is 0.258 e. The second-order valence-electron chi connectivity index (χ2n) is 6.95. The lowest BCUT2D eigenvalue weighted by Gasteiger charge is -2.36. The molecule has 0 radical (unpaired) electrons. The van der Waals surface area contributed by atoms with E-state index >= 15 is 0 Å². The number of aromatic nitrogens is 2. The molecule has 1 saturated heterocycles. The molecule has 3 aromatic rings. The van der Waals surface area contributed by atoms with E-state index in [1.807, 2.05) is 0 Å². The van der Waals surface area contributed by atoms with E-state index in [2.05, 4.69) is 46.4 Å². The van der Waals surface area contributed by atoms with E-state index in [0.717, 1.165) is 31.7 Å². The number of rotatable bonds is 4. The van der Waals surface area contributed by atoms with Crippen molar-refractivity contribution >= 4 is 29.7 Å². The van der Waals surface area contributed by atoms with Crippen molar-refractivity contribution in [2.24, 2.45) is 0 Å². The number of nitrogens with zero attached hydrogens (tertiary/aromatic N) is 3. The molecule has 28 heavy (non-hydrogen) atoms. The largest absolute Gasteiger partial charge is 0.314 e. The van der Waals surface area contributed by atoms with Gasteiger partial charge in [0.25, 0.3) is 5.56 Å². The lowest BCUT2D eigenvalue weighted by molar-refractivity contribution is 0.152. The summed E-state index contributed by atoms with van der Waals surface area (Å²) in [5.41, 5.74) is 3.96. The average molecular weight is 419 g/mol. The highest BCUT2D eigenvalue weighted by molar-refractivity contribution is 6.30. The Bertz CT molecular complexity index is 1000. The minimum Gasteiger partial charge on any atom is -0.314 e. The molecule has 0 aliphatic carbocycles. The molecule has 4 rings (SSSR count). The summed E-state index contributed by atoms with van der Waals surface area (Å²) in [6, 6.07) is 14.3. The molecule has 0 saturated carbocycles. The van der Waals surface area contributed by atoms with Crippen molar-refractivity contribution < 1.29 is 0 Å². The minimum absolute atomic E-state index is 0. The summed E-state index contributed by atoms with van der Waals surface area (Å²) in [4.78, 5) is 19.5. The van der Waals surface area contributed by atoms with Gasteiger partial charge in [-0.05, 0) is 29.7 Å². The predicted octanol–water partition coefficient (Wildman–Crippen LogP) is 3.48. The first-order chi connectivity index (χ1) is 13.1. The van der Waals surface area contributed by atoms with Crippen LogP contribution in [0.2, 0.25) is 5.02 Å². The lowest BCUT2D eigenvalue weighted by atomic mass is 10.0. The molecular weight excluding hydrogens is 395 g/mol. The van der Waals surface area contributed by atoms with E-state index in [0.29, 0.717) is 17.2 Å². The Balaban J connectivity index is 0.00000225. The molecule has 3 heterocycles. The van der Waals surface area contributed by atoms with Crippen molar-refractivity contribution in [2.45, 2.75) is 25.9 Å². The van der Waals surface area contributed by atoms with Gasteiger partial charge < -0.3 is 5.32 Å². The number of halogens is 2. The molecule has 0 bridgehead atoms. The molecular formula is C21H24Cl2N4O. The number of pyridine rings is 1. The molecule has 1 aromatic carbocycles. The third-order valence-corrected chi connectivity index (χ3v) is 5.39. The number of hydrogen-bond acceptors (Lipinski definition) is 4. The summed E-state index contributed by atoms with van der Waals surface area (Å²) in [5.74, 6) is 0. The van der Waals surface area contributed by atoms with Crippen LogP contribution in [0.15, 0.2) is 53.5 Å². The van der Waals surface area contributed by atoms with Gasteiger partial charge in [-0.1, -0.05) is 42.8 Å². The van der Waals surface area contributed by atoms with E-state index in [4.69, 9.17) is 11.6 Å². The van der Waals surface area contributed by atoms with E-state index in [1.54, 1.807) is 24.4 Å². The summed E-state index contributed by atoms with van der Waals surface area (Å²) in [7, 11) is 0. The second-order valence-corrected chi connectivity index (χ2v) is 7.38. The van der Waals surface area contributed by atoms with Gasteiger partial charge in [0.1, 0.15) is 5.65 Å². The third kappa shape index (κ3) is 4.39. The Morgan fingerprint density at radius 2 is 2.00 bits per heavy atom. The molecule has 1 N–H and O–H groups in total. The lowest BCUT2D eigenvalue weighted by Crippen LogP contribution is -2.45. The van der Waals surface area contributed by atoms with Crippen LogP contribution in [0.3, 0.4) is 0 Å². The van der Waals surface area contributed by atoms with Gasteiger partial charge in [0.2, 0.25) is 0 Å². The summed E-state index contributed by atoms with van der Waals surface area (Å²) >= 11 is 5.99. The zero-order valence-electron chi connectivity index (χ0n) is 15.8. The molecule has 148 valence electrons. The van der Waals surface area contributed by atoms with Crippen molar-refractivity contribution in [3.05, 3.63) is 80.9 Å². The number of hydrogen-bond donors (Lipinski definition) is 1. The molecule has 1 atom stereocenters. The molecule has 1 aliphatic heterocycles. The number of nitrogens with one attached hydrogen (secondary N) is 1. The standard InChI is InChI=1S/C21H23ClN4O.ClH/c1-2-15-3-5-16(6-4-15)19-12-23-9-10-25(19)14-18-11-21(27)26-13-17(22)7-8-20(26)24-18;/h3-8,11,13,19,23H,2,9-10,12,14H2,1H3;1H. The van der Waals surface area contributed by atoms with Gasteiger partial charge >= 0.3 is 0 Å². The van der Waals surface area contributed by atoms with Crippen LogP contribution in [-0.2, 0) is 13.0 Å². The fraction of sp³-hybridized carbons (Fsp3) is 0.333. The maximum Gasteiger partial charge on any atom is 0.258 e. The van der Waals surface area contributed by atoms with Crippen molar-refractivity contribution in [3.8, 4) is 0 Å². The van der Waals surface area contributed by atoms with Crippen LogP contribution in [0.4, 0.5) is 0 Å². The van der Waals surface area contributed by atoms with Gasteiger partial charge in [0.05, 0.1) is 10.7 Å². The highest BCUT2D eigenvalue weighted by Crippen LogP contribution is 2.24. The Hall–Kier alpha value is -1.92. The van der Waals surface area contributed by atoms with Gasteiger partial charge in [0, 0.05) is 44.5 Å². The molecule has 2 aromatic heterocycles. The Morgan fingerprint density at radius 3 is 2.75 bits per heavy atom. The van der Waals surface area contributed by atoms with Crippen LogP contribution >= 0.6 is 24.0 Å². The van der Waals surface area contributed by atoms with E-state index in [-0.39, 0.29) is 24.0 Å². The summed E-state index contributed by atoms with van der Waals surface area (Å²) < 4.78 is 1.49. The Morgan fingerprint density at radius 1 is 1.21 bits per heavy atom. The summed E-state index contributed by atoms with van der Waals surface area (Å²) in [6.07, 6.45) is 2.65. The van der Waals surface area contributed by atoms with E-state index in [1.165, 1.54) is 15.5 Å². The summed E-state index contributed by atoms with van der Waals surface area (Å²) in [6.45, 7) is 5.57. The first kappa shape index (κ1) is 20.8. The van der Waals surface area contributed by atoms with Crippen molar-refractivity contribution in [2.75, 3.05) is 19.6 Å². The van der Waals surface area contributed by atoms with Crippen LogP contribution in [-0.4, -0.2) is 33.9 Å². The second kappa shape index (κ2) is 9.05. The topological polar surface area (TPSA) is 49.6 Å². The van der Waals surface area contributed by atoms with Crippen LogP contribution in [0.1, 0.15) is 29.8 Å². The SMILES string of the molecule is CCc1ccc(C2CNCCN2Cc2cc(=O)n3cc(Cl)ccc3n2)cc1.Cl. The van der Waals surface area contributed by atoms with Crippen LogP contribution in [0, 0.1) is 0 Å². The number of aryl methyl sites for hydroxylation is 1. The fourth-order valence-electron chi connectivity index (χ4n) is 3.65. The van der Waals surface area contributed by atoms with Crippen LogP contribution in [0.5, 0.6) is 0 Å². The van der Waals surface area contributed by atoms with Gasteiger partial charge in [0.15, 0.2) is 0 Å². The van der Waals surface area contributed by atoms with Crippen molar-refractivity contribution in [1.82, 2.24) is 19.6 Å². The minimum atomic E-state index is -0.100. The van der Waals surface area contributed by atoms with Crippen LogP contribution < -0.4 is 10.9 Å². The molecule has 1 fully saturated rings. The fourth-order valence-corrected chi connectivity index (χ4v) is 3.82. The molecule has 1 unspecified atom stereocenters. The normalized spacial score (nSPS) is 17.4. The number of piperazine rings is 1. The predicted molar refractivity (Wildman–Crippen MR) is 116 cm³/mol. The average Bonchev–Trinajstić information content (AvgIpc) is 2.69. The molecule has 0 spiro atoms. The van der Waals surface area contributed by atoms with Crippen molar-refractivity contribution in [3.63, 3.8) is 0 Å². The molecule has 7 heteroatoms. The van der Waals surface area contributed by atoms with Gasteiger partial charge in [-0.15, -0.1) is 12.4 Å². The van der Waals surface area contributed by atoms with Crippen LogP contribution in [0.25, 0.3) is 5.65 Å². The highest BCUT2D eigenvalue weighted by Gasteiger charge is 2.24. The Kier molecular flexibility index (Phi) is 6.73. The zero-order chi connectivity index (χ0) is 18.8. The maximum absolute atomic E-state index is 12.4. The van der Waals surface area contributed by atoms with Gasteiger partial charge in [-0.2, -0.15) is 0 Å². The van der Waals surface area contributed by atoms with Gasteiger partial charge in [-0.25, -0.2) is 4.98 Å². The quantitative estimate of drug-likeness (QED) is 0.704. The monoisotopic (exact) mass is 418 g/mol. The van der Waals surface area contributed by atoms with E-state index in [9.17, 15) is 4.79 Å². The van der Waals surface area contributed by atoms with Gasteiger partial charge in [-0.3, -0.25) is 14.1 Å². The first-order valence-electron chi connectivity index (χ1n) is 9.35. The maximum atomic E-state index is 12.4.